The zero-order valence-corrected chi connectivity index (χ0v) is 10.4. The van der Waals surface area contributed by atoms with Crippen molar-refractivity contribution in [2.45, 2.75) is 27.7 Å². The lowest BCUT2D eigenvalue weighted by atomic mass is 9.92. The summed E-state index contributed by atoms with van der Waals surface area (Å²) in [5.74, 6) is 0.622. The SMILES string of the molecule is CC1=CC=C2C1=CC(C(C)C)=CC(=O)C2C. The molecule has 0 aliphatic heterocycles. The number of rotatable bonds is 1. The van der Waals surface area contributed by atoms with Crippen LogP contribution >= 0.6 is 0 Å². The molecule has 0 radical (unpaired) electrons. The van der Waals surface area contributed by atoms with E-state index in [2.05, 4.69) is 39.0 Å². The minimum absolute atomic E-state index is 0.00352. The minimum Gasteiger partial charge on any atom is -0.294 e. The first-order chi connectivity index (χ1) is 7.50. The second kappa shape index (κ2) is 3.89. The van der Waals surface area contributed by atoms with E-state index in [1.54, 1.807) is 0 Å². The summed E-state index contributed by atoms with van der Waals surface area (Å²) in [5.41, 5.74) is 4.83. The molecule has 84 valence electrons. The Balaban J connectivity index is 2.52. The van der Waals surface area contributed by atoms with Crippen LogP contribution in [-0.2, 0) is 4.79 Å². The van der Waals surface area contributed by atoms with E-state index in [4.69, 9.17) is 0 Å². The fourth-order valence-electron chi connectivity index (χ4n) is 2.18. The zero-order valence-electron chi connectivity index (χ0n) is 10.4. The third kappa shape index (κ3) is 1.71. The van der Waals surface area contributed by atoms with Crippen LogP contribution in [0.25, 0.3) is 0 Å². The van der Waals surface area contributed by atoms with E-state index in [1.165, 1.54) is 16.7 Å². The minimum atomic E-state index is -0.00352. The van der Waals surface area contributed by atoms with Crippen LogP contribution in [0.1, 0.15) is 27.7 Å². The third-order valence-corrected chi connectivity index (χ3v) is 3.43. The number of hydrogen-bond donors (Lipinski definition) is 0. The number of carbonyl (C=O) groups excluding carboxylic acids is 1. The van der Waals surface area contributed by atoms with E-state index in [0.717, 1.165) is 5.57 Å². The number of ketones is 1. The Morgan fingerprint density at radius 3 is 2.50 bits per heavy atom. The quantitative estimate of drug-likeness (QED) is 0.651. The van der Waals surface area contributed by atoms with Crippen molar-refractivity contribution in [3.63, 3.8) is 0 Å². The molecule has 16 heavy (non-hydrogen) atoms. The average Bonchev–Trinajstić information content (AvgIpc) is 2.51. The Morgan fingerprint density at radius 2 is 1.88 bits per heavy atom. The van der Waals surface area contributed by atoms with Gasteiger partial charge in [0.15, 0.2) is 5.78 Å². The second-order valence-corrected chi connectivity index (χ2v) is 4.95. The molecule has 1 heteroatoms. The smallest absolute Gasteiger partial charge is 0.163 e. The fourth-order valence-corrected chi connectivity index (χ4v) is 2.18. The van der Waals surface area contributed by atoms with Crippen LogP contribution in [0.2, 0.25) is 0 Å². The van der Waals surface area contributed by atoms with Gasteiger partial charge in [-0.05, 0) is 41.2 Å². The molecule has 0 aromatic heterocycles. The highest BCUT2D eigenvalue weighted by atomic mass is 16.1. The molecule has 0 aromatic rings. The fraction of sp³-hybridized carbons (Fsp3) is 0.400. The van der Waals surface area contributed by atoms with E-state index in [1.807, 2.05) is 13.0 Å². The zero-order chi connectivity index (χ0) is 11.9. The monoisotopic (exact) mass is 214 g/mol. The van der Waals surface area contributed by atoms with Gasteiger partial charge in [-0.15, -0.1) is 0 Å². The second-order valence-electron chi connectivity index (χ2n) is 4.95. The summed E-state index contributed by atoms with van der Waals surface area (Å²) in [7, 11) is 0. The maximum absolute atomic E-state index is 12.0. The lowest BCUT2D eigenvalue weighted by molar-refractivity contribution is -0.116. The Kier molecular flexibility index (Phi) is 2.71. The van der Waals surface area contributed by atoms with Gasteiger partial charge in [0.2, 0.25) is 0 Å². The normalized spacial score (nSPS) is 24.6. The summed E-state index contributed by atoms with van der Waals surface area (Å²) < 4.78 is 0. The molecule has 1 atom stereocenters. The summed E-state index contributed by atoms with van der Waals surface area (Å²) in [6.07, 6.45) is 8.18. The van der Waals surface area contributed by atoms with Gasteiger partial charge in [-0.3, -0.25) is 4.79 Å². The van der Waals surface area contributed by atoms with Crippen molar-refractivity contribution in [3.05, 3.63) is 46.6 Å². The topological polar surface area (TPSA) is 17.1 Å². The van der Waals surface area contributed by atoms with Gasteiger partial charge >= 0.3 is 0 Å². The average molecular weight is 214 g/mol. The highest BCUT2D eigenvalue weighted by Gasteiger charge is 2.26. The van der Waals surface area contributed by atoms with E-state index < -0.39 is 0 Å². The molecular formula is C15H18O. The largest absolute Gasteiger partial charge is 0.294 e. The summed E-state index contributed by atoms with van der Waals surface area (Å²) in [6.45, 7) is 8.36. The van der Waals surface area contributed by atoms with Crippen molar-refractivity contribution in [2.24, 2.45) is 11.8 Å². The van der Waals surface area contributed by atoms with Crippen molar-refractivity contribution in [1.82, 2.24) is 0 Å². The van der Waals surface area contributed by atoms with E-state index in [-0.39, 0.29) is 11.7 Å². The van der Waals surface area contributed by atoms with Crippen LogP contribution in [-0.4, -0.2) is 5.78 Å². The summed E-state index contributed by atoms with van der Waals surface area (Å²) in [4.78, 5) is 12.0. The predicted molar refractivity (Wildman–Crippen MR) is 67.0 cm³/mol. The standard InChI is InChI=1S/C15H18O/c1-9(2)12-7-14-10(3)5-6-13(14)11(4)15(16)8-12/h5-9,11H,1-4H3. The van der Waals surface area contributed by atoms with E-state index in [9.17, 15) is 4.79 Å². The molecule has 0 bridgehead atoms. The molecule has 0 fully saturated rings. The van der Waals surface area contributed by atoms with Gasteiger partial charge in [0, 0.05) is 5.92 Å². The molecule has 0 heterocycles. The molecule has 0 amide bonds. The van der Waals surface area contributed by atoms with Crippen LogP contribution < -0.4 is 0 Å². The highest BCUT2D eigenvalue weighted by molar-refractivity contribution is 5.97. The van der Waals surface area contributed by atoms with Gasteiger partial charge in [0.05, 0.1) is 0 Å². The molecule has 0 aromatic carbocycles. The van der Waals surface area contributed by atoms with Crippen molar-refractivity contribution >= 4 is 5.78 Å². The van der Waals surface area contributed by atoms with Crippen LogP contribution in [0.4, 0.5) is 0 Å². The highest BCUT2D eigenvalue weighted by Crippen LogP contribution is 2.36. The number of allylic oxidation sites excluding steroid dienone is 8. The first-order valence-corrected chi connectivity index (χ1v) is 5.87. The Hall–Kier alpha value is -1.37. The third-order valence-electron chi connectivity index (χ3n) is 3.43. The van der Waals surface area contributed by atoms with Gasteiger partial charge in [0.1, 0.15) is 0 Å². The summed E-state index contributed by atoms with van der Waals surface area (Å²) in [5, 5.41) is 0. The Bertz CT molecular complexity index is 456. The molecule has 0 saturated heterocycles. The maximum Gasteiger partial charge on any atom is 0.163 e. The van der Waals surface area contributed by atoms with Crippen LogP contribution in [0.15, 0.2) is 46.6 Å². The Labute approximate surface area is 97.2 Å². The van der Waals surface area contributed by atoms with Crippen molar-refractivity contribution in [1.29, 1.82) is 0 Å². The molecule has 2 aliphatic rings. The molecule has 1 unspecified atom stereocenters. The van der Waals surface area contributed by atoms with Crippen molar-refractivity contribution < 1.29 is 4.79 Å². The van der Waals surface area contributed by atoms with Gasteiger partial charge < -0.3 is 0 Å². The van der Waals surface area contributed by atoms with Crippen LogP contribution in [0.3, 0.4) is 0 Å². The first-order valence-electron chi connectivity index (χ1n) is 5.87. The lowest BCUT2D eigenvalue weighted by Gasteiger charge is -2.11. The van der Waals surface area contributed by atoms with Crippen LogP contribution in [0, 0.1) is 11.8 Å². The lowest BCUT2D eigenvalue weighted by Crippen LogP contribution is -2.10. The van der Waals surface area contributed by atoms with Crippen molar-refractivity contribution in [2.75, 3.05) is 0 Å². The van der Waals surface area contributed by atoms with E-state index >= 15 is 0 Å². The van der Waals surface area contributed by atoms with Crippen LogP contribution in [0.5, 0.6) is 0 Å². The van der Waals surface area contributed by atoms with E-state index in [0.29, 0.717) is 5.92 Å². The number of carbonyl (C=O) groups is 1. The van der Waals surface area contributed by atoms with Gasteiger partial charge in [-0.2, -0.15) is 0 Å². The predicted octanol–water partition coefficient (Wildman–Crippen LogP) is 3.60. The van der Waals surface area contributed by atoms with Crippen molar-refractivity contribution in [3.8, 4) is 0 Å². The number of fused-ring (bicyclic) bond motifs is 1. The molecular weight excluding hydrogens is 196 g/mol. The number of hydrogen-bond acceptors (Lipinski definition) is 1. The summed E-state index contributed by atoms with van der Waals surface area (Å²) >= 11 is 0. The molecule has 0 N–H and O–H groups in total. The van der Waals surface area contributed by atoms with Gasteiger partial charge in [-0.1, -0.05) is 39.0 Å². The maximum atomic E-state index is 12.0. The van der Waals surface area contributed by atoms with Gasteiger partial charge in [-0.25, -0.2) is 0 Å². The molecule has 2 aliphatic carbocycles. The molecule has 2 rings (SSSR count). The Morgan fingerprint density at radius 1 is 1.19 bits per heavy atom. The molecule has 0 spiro atoms. The summed E-state index contributed by atoms with van der Waals surface area (Å²) in [6, 6.07) is 0. The van der Waals surface area contributed by atoms with Gasteiger partial charge in [0.25, 0.3) is 0 Å². The first kappa shape index (κ1) is 11.1. The molecule has 1 nitrogen and oxygen atoms in total. The molecule has 0 saturated carbocycles.